The average Bonchev–Trinajstić information content (AvgIpc) is 2.54. The van der Waals surface area contributed by atoms with Crippen LogP contribution in [0.25, 0.3) is 0 Å². The lowest BCUT2D eigenvalue weighted by atomic mass is 9.95. The summed E-state index contributed by atoms with van der Waals surface area (Å²) >= 11 is 0. The number of amides is 2. The predicted molar refractivity (Wildman–Crippen MR) is 85.7 cm³/mol. The van der Waals surface area contributed by atoms with Gasteiger partial charge < -0.3 is 15.1 Å². The molecule has 1 unspecified atom stereocenters. The maximum absolute atomic E-state index is 12.5. The Morgan fingerprint density at radius 1 is 1.23 bits per heavy atom. The summed E-state index contributed by atoms with van der Waals surface area (Å²) in [4.78, 5) is 28.2. The van der Waals surface area contributed by atoms with E-state index in [9.17, 15) is 9.59 Å². The minimum Gasteiger partial charge on any atom is -0.368 e. The Morgan fingerprint density at radius 3 is 2.68 bits per heavy atom. The van der Waals surface area contributed by atoms with Crippen molar-refractivity contribution in [3.8, 4) is 0 Å². The van der Waals surface area contributed by atoms with Gasteiger partial charge in [0.1, 0.15) is 0 Å². The number of aryl methyl sites for hydroxylation is 1. The van der Waals surface area contributed by atoms with Gasteiger partial charge in [0.05, 0.1) is 0 Å². The zero-order valence-corrected chi connectivity index (χ0v) is 13.0. The molecule has 1 aromatic carbocycles. The van der Waals surface area contributed by atoms with Crippen LogP contribution in [0.1, 0.15) is 18.4 Å². The topological polar surface area (TPSA) is 52.6 Å². The van der Waals surface area contributed by atoms with Gasteiger partial charge in [0.25, 0.3) is 0 Å². The quantitative estimate of drug-likeness (QED) is 0.892. The van der Waals surface area contributed by atoms with E-state index in [0.717, 1.165) is 32.6 Å². The molecule has 2 aliphatic rings. The SMILES string of the molecule is Cc1cccc(N2CCN(C(=O)C3CCNC(=O)C3)CC2)c1. The Balaban J connectivity index is 1.57. The fraction of sp³-hybridized carbons (Fsp3) is 0.529. The molecule has 0 aliphatic carbocycles. The van der Waals surface area contributed by atoms with Crippen molar-refractivity contribution in [3.05, 3.63) is 29.8 Å². The lowest BCUT2D eigenvalue weighted by molar-refractivity contribution is -0.140. The van der Waals surface area contributed by atoms with Gasteiger partial charge in [-0.3, -0.25) is 9.59 Å². The predicted octanol–water partition coefficient (Wildman–Crippen LogP) is 1.17. The second-order valence-corrected chi connectivity index (χ2v) is 6.19. The summed E-state index contributed by atoms with van der Waals surface area (Å²) in [5, 5.41) is 2.79. The number of rotatable bonds is 2. The first-order valence-electron chi connectivity index (χ1n) is 8.00. The third-order valence-electron chi connectivity index (χ3n) is 4.55. The zero-order valence-electron chi connectivity index (χ0n) is 13.0. The Morgan fingerprint density at radius 2 is 2.00 bits per heavy atom. The van der Waals surface area contributed by atoms with Crippen LogP contribution >= 0.6 is 0 Å². The van der Waals surface area contributed by atoms with Crippen molar-refractivity contribution in [1.82, 2.24) is 10.2 Å². The summed E-state index contributed by atoms with van der Waals surface area (Å²) in [7, 11) is 0. The molecule has 0 bridgehead atoms. The van der Waals surface area contributed by atoms with E-state index in [1.165, 1.54) is 11.3 Å². The van der Waals surface area contributed by atoms with Gasteiger partial charge in [-0.2, -0.15) is 0 Å². The molecule has 1 N–H and O–H groups in total. The van der Waals surface area contributed by atoms with E-state index in [0.29, 0.717) is 13.0 Å². The monoisotopic (exact) mass is 301 g/mol. The largest absolute Gasteiger partial charge is 0.368 e. The first-order chi connectivity index (χ1) is 10.6. The molecule has 5 nitrogen and oxygen atoms in total. The lowest BCUT2D eigenvalue weighted by Gasteiger charge is -2.38. The number of piperazine rings is 1. The molecule has 2 aliphatic heterocycles. The highest BCUT2D eigenvalue weighted by Gasteiger charge is 2.30. The highest BCUT2D eigenvalue weighted by atomic mass is 16.2. The zero-order chi connectivity index (χ0) is 15.5. The Labute approximate surface area is 131 Å². The summed E-state index contributed by atoms with van der Waals surface area (Å²) < 4.78 is 0. The Kier molecular flexibility index (Phi) is 4.32. The summed E-state index contributed by atoms with van der Waals surface area (Å²) in [5.74, 6) is 0.0287. The molecular weight excluding hydrogens is 278 g/mol. The van der Waals surface area contributed by atoms with Crippen molar-refractivity contribution in [2.75, 3.05) is 37.6 Å². The van der Waals surface area contributed by atoms with Crippen LogP contribution in [-0.4, -0.2) is 49.4 Å². The molecule has 0 spiro atoms. The molecule has 2 amide bonds. The van der Waals surface area contributed by atoms with E-state index in [2.05, 4.69) is 41.4 Å². The van der Waals surface area contributed by atoms with E-state index in [1.54, 1.807) is 0 Å². The molecule has 22 heavy (non-hydrogen) atoms. The van der Waals surface area contributed by atoms with Crippen LogP contribution in [0.15, 0.2) is 24.3 Å². The number of hydrogen-bond acceptors (Lipinski definition) is 3. The number of anilines is 1. The van der Waals surface area contributed by atoms with Crippen molar-refractivity contribution in [1.29, 1.82) is 0 Å². The minimum absolute atomic E-state index is 0.00277. The van der Waals surface area contributed by atoms with Crippen LogP contribution in [-0.2, 0) is 9.59 Å². The van der Waals surface area contributed by atoms with Crippen LogP contribution in [0.5, 0.6) is 0 Å². The van der Waals surface area contributed by atoms with Crippen molar-refractivity contribution >= 4 is 17.5 Å². The van der Waals surface area contributed by atoms with Gasteiger partial charge in [0.2, 0.25) is 11.8 Å². The number of carbonyl (C=O) groups excluding carboxylic acids is 2. The van der Waals surface area contributed by atoms with Gasteiger partial charge in [-0.05, 0) is 31.0 Å². The Hall–Kier alpha value is -2.04. The van der Waals surface area contributed by atoms with Crippen LogP contribution in [0.3, 0.4) is 0 Å². The van der Waals surface area contributed by atoms with Crippen LogP contribution in [0.4, 0.5) is 5.69 Å². The van der Waals surface area contributed by atoms with E-state index in [-0.39, 0.29) is 17.7 Å². The molecule has 2 saturated heterocycles. The normalized spacial score (nSPS) is 22.4. The number of nitrogens with one attached hydrogen (secondary N) is 1. The maximum atomic E-state index is 12.5. The van der Waals surface area contributed by atoms with Crippen molar-refractivity contribution < 1.29 is 9.59 Å². The van der Waals surface area contributed by atoms with Gasteiger partial charge in [0.15, 0.2) is 0 Å². The van der Waals surface area contributed by atoms with Gasteiger partial charge in [-0.15, -0.1) is 0 Å². The van der Waals surface area contributed by atoms with Crippen LogP contribution < -0.4 is 10.2 Å². The number of nitrogens with zero attached hydrogens (tertiary/aromatic N) is 2. The standard InChI is InChI=1S/C17H23N3O2/c1-13-3-2-4-15(11-13)19-7-9-20(10-8-19)17(22)14-5-6-18-16(21)12-14/h2-4,11,14H,5-10,12H2,1H3,(H,18,21). The highest BCUT2D eigenvalue weighted by Crippen LogP contribution is 2.20. The number of piperidine rings is 1. The molecule has 0 radical (unpaired) electrons. The summed E-state index contributed by atoms with van der Waals surface area (Å²) in [5.41, 5.74) is 2.48. The number of hydrogen-bond donors (Lipinski definition) is 1. The molecule has 0 aromatic heterocycles. The maximum Gasteiger partial charge on any atom is 0.226 e. The number of carbonyl (C=O) groups is 2. The van der Waals surface area contributed by atoms with E-state index in [4.69, 9.17) is 0 Å². The molecule has 118 valence electrons. The van der Waals surface area contributed by atoms with Gasteiger partial charge in [-0.25, -0.2) is 0 Å². The van der Waals surface area contributed by atoms with E-state index in [1.807, 2.05) is 4.90 Å². The molecule has 2 fully saturated rings. The van der Waals surface area contributed by atoms with E-state index < -0.39 is 0 Å². The van der Waals surface area contributed by atoms with E-state index >= 15 is 0 Å². The smallest absolute Gasteiger partial charge is 0.226 e. The second-order valence-electron chi connectivity index (χ2n) is 6.19. The molecule has 1 aromatic rings. The van der Waals surface area contributed by atoms with Crippen LogP contribution in [0, 0.1) is 12.8 Å². The fourth-order valence-electron chi connectivity index (χ4n) is 3.26. The van der Waals surface area contributed by atoms with Crippen molar-refractivity contribution in [2.45, 2.75) is 19.8 Å². The average molecular weight is 301 g/mol. The summed E-state index contributed by atoms with van der Waals surface area (Å²) in [6.07, 6.45) is 1.11. The molecule has 5 heteroatoms. The Bertz CT molecular complexity index is 565. The first-order valence-corrected chi connectivity index (χ1v) is 8.00. The van der Waals surface area contributed by atoms with Gasteiger partial charge in [0, 0.05) is 50.7 Å². The lowest BCUT2D eigenvalue weighted by Crippen LogP contribution is -2.52. The molecule has 0 saturated carbocycles. The van der Waals surface area contributed by atoms with Crippen molar-refractivity contribution in [3.63, 3.8) is 0 Å². The third kappa shape index (κ3) is 3.24. The summed E-state index contributed by atoms with van der Waals surface area (Å²) in [6, 6.07) is 8.47. The molecule has 1 atom stereocenters. The minimum atomic E-state index is -0.126. The van der Waals surface area contributed by atoms with Crippen LogP contribution in [0.2, 0.25) is 0 Å². The van der Waals surface area contributed by atoms with Crippen molar-refractivity contribution in [2.24, 2.45) is 5.92 Å². The molecule has 2 heterocycles. The third-order valence-corrected chi connectivity index (χ3v) is 4.55. The second kappa shape index (κ2) is 6.38. The first kappa shape index (κ1) is 14.9. The fourth-order valence-corrected chi connectivity index (χ4v) is 3.26. The summed E-state index contributed by atoms with van der Waals surface area (Å²) in [6.45, 7) is 5.91. The highest BCUT2D eigenvalue weighted by molar-refractivity contribution is 5.87. The van der Waals surface area contributed by atoms with Gasteiger partial charge >= 0.3 is 0 Å². The van der Waals surface area contributed by atoms with Gasteiger partial charge in [-0.1, -0.05) is 12.1 Å². The number of benzene rings is 1. The molecular formula is C17H23N3O2. The molecule has 3 rings (SSSR count).